The zero-order chi connectivity index (χ0) is 16.4. The van der Waals surface area contributed by atoms with E-state index in [0.717, 1.165) is 55.3 Å². The van der Waals surface area contributed by atoms with Gasteiger partial charge in [-0.05, 0) is 31.5 Å². The van der Waals surface area contributed by atoms with E-state index in [2.05, 4.69) is 25.3 Å². The summed E-state index contributed by atoms with van der Waals surface area (Å²) >= 11 is 0. The summed E-state index contributed by atoms with van der Waals surface area (Å²) in [6.07, 6.45) is 2.31. The van der Waals surface area contributed by atoms with Gasteiger partial charge < -0.3 is 14.3 Å². The summed E-state index contributed by atoms with van der Waals surface area (Å²) in [5.41, 5.74) is 1.75. The van der Waals surface area contributed by atoms with Crippen LogP contribution < -0.4 is 5.32 Å². The van der Waals surface area contributed by atoms with E-state index in [1.54, 1.807) is 0 Å². The molecule has 0 saturated carbocycles. The van der Waals surface area contributed by atoms with Gasteiger partial charge in [0, 0.05) is 19.5 Å². The third kappa shape index (κ3) is 3.47. The summed E-state index contributed by atoms with van der Waals surface area (Å²) in [6.45, 7) is 5.23. The quantitative estimate of drug-likeness (QED) is 0.770. The van der Waals surface area contributed by atoms with Crippen molar-refractivity contribution in [2.45, 2.75) is 38.9 Å². The zero-order valence-electron chi connectivity index (χ0n) is 13.7. The van der Waals surface area contributed by atoms with Crippen molar-refractivity contribution in [2.24, 2.45) is 0 Å². The normalized spacial score (nSPS) is 19.1. The van der Waals surface area contributed by atoms with Crippen LogP contribution in [0.5, 0.6) is 0 Å². The second-order valence-electron chi connectivity index (χ2n) is 6.26. The highest BCUT2D eigenvalue weighted by molar-refractivity contribution is 5.72. The van der Waals surface area contributed by atoms with E-state index >= 15 is 0 Å². The molecule has 1 fully saturated rings. The molecule has 2 aromatic heterocycles. The van der Waals surface area contributed by atoms with Crippen LogP contribution in [-0.2, 0) is 13.1 Å². The van der Waals surface area contributed by atoms with Gasteiger partial charge in [-0.1, -0.05) is 17.3 Å². The van der Waals surface area contributed by atoms with Crippen molar-refractivity contribution in [3.05, 3.63) is 41.9 Å². The highest BCUT2D eigenvalue weighted by Gasteiger charge is 2.21. The topological polar surface area (TPSA) is 80.2 Å². The number of nitrogens with one attached hydrogen (secondary N) is 1. The molecule has 0 radical (unpaired) electrons. The number of piperidine rings is 1. The lowest BCUT2D eigenvalue weighted by atomic mass is 10.1. The third-order valence-electron chi connectivity index (χ3n) is 4.32. The number of benzene rings is 1. The number of hydrogen-bond acceptors (Lipinski definition) is 7. The van der Waals surface area contributed by atoms with Gasteiger partial charge in [0.2, 0.25) is 11.8 Å². The van der Waals surface area contributed by atoms with E-state index in [4.69, 9.17) is 8.94 Å². The van der Waals surface area contributed by atoms with Crippen LogP contribution in [0.15, 0.2) is 33.2 Å². The van der Waals surface area contributed by atoms with E-state index in [0.29, 0.717) is 18.5 Å². The maximum absolute atomic E-state index is 5.76. The van der Waals surface area contributed by atoms with Crippen molar-refractivity contribution >= 4 is 11.1 Å². The van der Waals surface area contributed by atoms with Crippen LogP contribution in [0.1, 0.15) is 30.4 Å². The number of para-hydroxylation sites is 2. The first-order valence-electron chi connectivity index (χ1n) is 8.35. The van der Waals surface area contributed by atoms with Crippen LogP contribution in [0.2, 0.25) is 0 Å². The number of likely N-dealkylation sites (tertiary alicyclic amines) is 1. The van der Waals surface area contributed by atoms with Gasteiger partial charge in [-0.25, -0.2) is 4.98 Å². The van der Waals surface area contributed by atoms with Crippen LogP contribution in [0.3, 0.4) is 0 Å². The van der Waals surface area contributed by atoms with Crippen molar-refractivity contribution in [3.8, 4) is 0 Å². The molecule has 4 rings (SSSR count). The van der Waals surface area contributed by atoms with Gasteiger partial charge >= 0.3 is 0 Å². The van der Waals surface area contributed by atoms with Crippen LogP contribution in [-0.4, -0.2) is 39.2 Å². The molecule has 1 atom stereocenters. The predicted molar refractivity (Wildman–Crippen MR) is 88.2 cm³/mol. The molecule has 1 aliphatic rings. The number of oxazole rings is 1. The Morgan fingerprint density at radius 1 is 1.29 bits per heavy atom. The lowest BCUT2D eigenvalue weighted by Gasteiger charge is -2.32. The number of aryl methyl sites for hydroxylation is 1. The average molecular weight is 327 g/mol. The highest BCUT2D eigenvalue weighted by Crippen LogP contribution is 2.16. The van der Waals surface area contributed by atoms with E-state index in [1.807, 2.05) is 31.2 Å². The van der Waals surface area contributed by atoms with Gasteiger partial charge in [0.1, 0.15) is 5.52 Å². The van der Waals surface area contributed by atoms with Crippen LogP contribution >= 0.6 is 0 Å². The lowest BCUT2D eigenvalue weighted by Crippen LogP contribution is -2.45. The summed E-state index contributed by atoms with van der Waals surface area (Å²) < 4.78 is 10.8. The predicted octanol–water partition coefficient (Wildman–Crippen LogP) is 2.27. The molecular weight excluding hydrogens is 306 g/mol. The minimum absolute atomic E-state index is 0.418. The molecule has 1 aromatic carbocycles. The summed E-state index contributed by atoms with van der Waals surface area (Å²) in [5.74, 6) is 2.11. The first-order chi connectivity index (χ1) is 11.8. The number of fused-ring (bicyclic) bond motifs is 1. The Morgan fingerprint density at radius 3 is 3.04 bits per heavy atom. The van der Waals surface area contributed by atoms with E-state index in [-0.39, 0.29) is 0 Å². The summed E-state index contributed by atoms with van der Waals surface area (Å²) in [6, 6.07) is 8.27. The minimum atomic E-state index is 0.418. The molecule has 0 aliphatic carbocycles. The SMILES string of the molecule is Cc1nc(CN2CCC[C@@H](NCc3nc4ccccc4o3)C2)no1. The van der Waals surface area contributed by atoms with Crippen molar-refractivity contribution in [2.75, 3.05) is 13.1 Å². The standard InChI is InChI=1S/C17H21N5O2/c1-12-19-16(21-24-12)11-22-8-4-5-13(10-22)18-9-17-20-14-6-2-3-7-15(14)23-17/h2-3,6-7,13,18H,4-5,8-11H2,1H3/t13-/m1/s1. The van der Waals surface area contributed by atoms with Gasteiger partial charge in [-0.2, -0.15) is 4.98 Å². The maximum atomic E-state index is 5.76. The fourth-order valence-electron chi connectivity index (χ4n) is 3.20. The molecule has 3 aromatic rings. The Bertz CT molecular complexity index is 779. The number of rotatable bonds is 5. The van der Waals surface area contributed by atoms with Crippen molar-refractivity contribution in [3.63, 3.8) is 0 Å². The number of nitrogens with zero attached hydrogens (tertiary/aromatic N) is 4. The Kier molecular flexibility index (Phi) is 4.27. The summed E-state index contributed by atoms with van der Waals surface area (Å²) in [7, 11) is 0. The molecule has 1 aliphatic heterocycles. The number of aromatic nitrogens is 3. The molecule has 0 amide bonds. The average Bonchev–Trinajstić information content (AvgIpc) is 3.19. The van der Waals surface area contributed by atoms with Crippen LogP contribution in [0.25, 0.3) is 11.1 Å². The first kappa shape index (κ1) is 15.3. The molecule has 0 spiro atoms. The fourth-order valence-corrected chi connectivity index (χ4v) is 3.20. The van der Waals surface area contributed by atoms with Gasteiger partial charge in [0.05, 0.1) is 13.1 Å². The van der Waals surface area contributed by atoms with Gasteiger partial charge in [-0.3, -0.25) is 4.90 Å². The molecule has 7 nitrogen and oxygen atoms in total. The molecular formula is C17H21N5O2. The molecule has 7 heteroatoms. The van der Waals surface area contributed by atoms with E-state index in [9.17, 15) is 0 Å². The fraction of sp³-hybridized carbons (Fsp3) is 0.471. The van der Waals surface area contributed by atoms with Gasteiger partial charge in [0.15, 0.2) is 11.4 Å². The Hall–Kier alpha value is -2.25. The summed E-state index contributed by atoms with van der Waals surface area (Å²) in [4.78, 5) is 11.2. The second-order valence-corrected chi connectivity index (χ2v) is 6.26. The minimum Gasteiger partial charge on any atom is -0.439 e. The molecule has 0 bridgehead atoms. The van der Waals surface area contributed by atoms with Gasteiger partial charge in [-0.15, -0.1) is 0 Å². The molecule has 3 heterocycles. The molecule has 24 heavy (non-hydrogen) atoms. The monoisotopic (exact) mass is 327 g/mol. The first-order valence-corrected chi connectivity index (χ1v) is 8.35. The Labute approximate surface area is 140 Å². The summed E-state index contributed by atoms with van der Waals surface area (Å²) in [5, 5.41) is 7.54. The maximum Gasteiger partial charge on any atom is 0.223 e. The van der Waals surface area contributed by atoms with Crippen LogP contribution in [0, 0.1) is 6.92 Å². The van der Waals surface area contributed by atoms with E-state index < -0.39 is 0 Å². The molecule has 0 unspecified atom stereocenters. The smallest absolute Gasteiger partial charge is 0.223 e. The van der Waals surface area contributed by atoms with Crippen LogP contribution in [0.4, 0.5) is 0 Å². The van der Waals surface area contributed by atoms with Crippen molar-refractivity contribution in [1.29, 1.82) is 0 Å². The Morgan fingerprint density at radius 2 is 2.21 bits per heavy atom. The lowest BCUT2D eigenvalue weighted by molar-refractivity contribution is 0.175. The largest absolute Gasteiger partial charge is 0.439 e. The second kappa shape index (κ2) is 6.70. The number of hydrogen-bond donors (Lipinski definition) is 1. The van der Waals surface area contributed by atoms with Crippen molar-refractivity contribution in [1.82, 2.24) is 25.3 Å². The Balaban J connectivity index is 1.32. The zero-order valence-corrected chi connectivity index (χ0v) is 13.7. The van der Waals surface area contributed by atoms with E-state index in [1.165, 1.54) is 0 Å². The molecule has 1 saturated heterocycles. The third-order valence-corrected chi connectivity index (χ3v) is 4.32. The highest BCUT2D eigenvalue weighted by atomic mass is 16.5. The molecule has 126 valence electrons. The molecule has 1 N–H and O–H groups in total. The van der Waals surface area contributed by atoms with Gasteiger partial charge in [0.25, 0.3) is 0 Å². The van der Waals surface area contributed by atoms with Crippen molar-refractivity contribution < 1.29 is 8.94 Å².